The van der Waals surface area contributed by atoms with Crippen molar-refractivity contribution >= 4 is 15.8 Å². The van der Waals surface area contributed by atoms with Crippen LogP contribution in [0.4, 0.5) is 0 Å². The normalized spacial score (nSPS) is 23.1. The maximum atomic E-state index is 11.4. The number of phenolic OH excluding ortho intramolecular Hbond substituents is 1. The summed E-state index contributed by atoms with van der Waals surface area (Å²) in [6.07, 6.45) is 0.641. The van der Waals surface area contributed by atoms with Crippen LogP contribution in [0.1, 0.15) is 12.0 Å². The zero-order chi connectivity index (χ0) is 14.0. The summed E-state index contributed by atoms with van der Waals surface area (Å²) in [5.74, 6) is -1.94. The third-order valence-electron chi connectivity index (χ3n) is 3.52. The molecular weight excluding hydrogens is 268 g/mol. The Kier molecular flexibility index (Phi) is 3.80. The molecule has 5 nitrogen and oxygen atoms in total. The lowest BCUT2D eigenvalue weighted by molar-refractivity contribution is -0.143. The minimum Gasteiger partial charge on any atom is -0.508 e. The zero-order valence-corrected chi connectivity index (χ0v) is 11.1. The van der Waals surface area contributed by atoms with E-state index in [1.807, 2.05) is 0 Å². The van der Waals surface area contributed by atoms with Crippen LogP contribution < -0.4 is 0 Å². The smallest absolute Gasteiger partial charge is 0.307 e. The Morgan fingerprint density at radius 1 is 1.42 bits per heavy atom. The van der Waals surface area contributed by atoms with E-state index in [-0.39, 0.29) is 29.6 Å². The topological polar surface area (TPSA) is 91.7 Å². The van der Waals surface area contributed by atoms with E-state index in [1.54, 1.807) is 12.1 Å². The summed E-state index contributed by atoms with van der Waals surface area (Å²) in [7, 11) is -3.09. The number of hydrogen-bond acceptors (Lipinski definition) is 4. The molecule has 2 atom stereocenters. The first-order valence-corrected chi connectivity index (χ1v) is 7.91. The molecule has 0 aliphatic carbocycles. The first-order chi connectivity index (χ1) is 8.87. The van der Waals surface area contributed by atoms with E-state index in [2.05, 4.69) is 0 Å². The van der Waals surface area contributed by atoms with E-state index >= 15 is 0 Å². The van der Waals surface area contributed by atoms with Crippen molar-refractivity contribution in [1.82, 2.24) is 0 Å². The summed E-state index contributed by atoms with van der Waals surface area (Å²) in [6.45, 7) is 0. The number of carboxylic acids is 1. The van der Waals surface area contributed by atoms with E-state index in [0.29, 0.717) is 12.0 Å². The van der Waals surface area contributed by atoms with E-state index in [0.717, 1.165) is 0 Å². The van der Waals surface area contributed by atoms with Gasteiger partial charge >= 0.3 is 5.97 Å². The SMILES string of the molecule is O=C(O)C(Cc1cccc(O)c1)C1CCS(=O)(=O)C1. The van der Waals surface area contributed by atoms with E-state index < -0.39 is 21.7 Å². The second-order valence-corrected chi connectivity index (χ2v) is 7.21. The predicted octanol–water partition coefficient (Wildman–Crippen LogP) is 1.07. The number of rotatable bonds is 4. The van der Waals surface area contributed by atoms with Gasteiger partial charge in [-0.15, -0.1) is 0 Å². The van der Waals surface area contributed by atoms with Crippen molar-refractivity contribution in [1.29, 1.82) is 0 Å². The molecule has 1 saturated heterocycles. The van der Waals surface area contributed by atoms with Crippen molar-refractivity contribution in [2.45, 2.75) is 12.8 Å². The fourth-order valence-electron chi connectivity index (χ4n) is 2.53. The quantitative estimate of drug-likeness (QED) is 0.863. The number of aliphatic carboxylic acids is 1. The van der Waals surface area contributed by atoms with Gasteiger partial charge in [0.05, 0.1) is 17.4 Å². The lowest BCUT2D eigenvalue weighted by Gasteiger charge is -2.18. The van der Waals surface area contributed by atoms with Crippen molar-refractivity contribution in [2.75, 3.05) is 11.5 Å². The number of sulfone groups is 1. The molecule has 2 unspecified atom stereocenters. The summed E-state index contributed by atoms with van der Waals surface area (Å²) in [4.78, 5) is 11.3. The Morgan fingerprint density at radius 3 is 2.68 bits per heavy atom. The molecule has 1 heterocycles. The minimum atomic E-state index is -3.09. The summed E-state index contributed by atoms with van der Waals surface area (Å²) in [5, 5.41) is 18.6. The molecule has 0 radical (unpaired) electrons. The lowest BCUT2D eigenvalue weighted by atomic mass is 9.86. The fourth-order valence-corrected chi connectivity index (χ4v) is 4.41. The number of phenols is 1. The van der Waals surface area contributed by atoms with E-state index in [4.69, 9.17) is 0 Å². The van der Waals surface area contributed by atoms with Gasteiger partial charge in [0.1, 0.15) is 5.75 Å². The molecule has 2 N–H and O–H groups in total. The highest BCUT2D eigenvalue weighted by Gasteiger charge is 2.37. The molecule has 0 amide bonds. The van der Waals surface area contributed by atoms with Crippen LogP contribution >= 0.6 is 0 Å². The number of benzene rings is 1. The van der Waals surface area contributed by atoms with Crippen LogP contribution in [0.3, 0.4) is 0 Å². The largest absolute Gasteiger partial charge is 0.508 e. The van der Waals surface area contributed by atoms with Crippen molar-refractivity contribution in [3.63, 3.8) is 0 Å². The van der Waals surface area contributed by atoms with Gasteiger partial charge in [-0.25, -0.2) is 8.42 Å². The van der Waals surface area contributed by atoms with Crippen LogP contribution in [0.15, 0.2) is 24.3 Å². The first-order valence-electron chi connectivity index (χ1n) is 6.08. The molecule has 2 rings (SSSR count). The van der Waals surface area contributed by atoms with E-state index in [1.165, 1.54) is 12.1 Å². The number of carboxylic acid groups (broad SMARTS) is 1. The van der Waals surface area contributed by atoms with Crippen molar-refractivity contribution in [2.24, 2.45) is 11.8 Å². The van der Waals surface area contributed by atoms with Gasteiger partial charge in [0.25, 0.3) is 0 Å². The summed E-state index contributed by atoms with van der Waals surface area (Å²) in [6, 6.07) is 6.41. The fraction of sp³-hybridized carbons (Fsp3) is 0.462. The molecule has 6 heteroatoms. The molecular formula is C13H16O5S. The van der Waals surface area contributed by atoms with Gasteiger partial charge in [-0.05, 0) is 36.5 Å². The van der Waals surface area contributed by atoms with Crippen LogP contribution in [-0.4, -0.2) is 36.1 Å². The third kappa shape index (κ3) is 3.47. The van der Waals surface area contributed by atoms with Crippen LogP contribution in [0.25, 0.3) is 0 Å². The van der Waals surface area contributed by atoms with Gasteiger partial charge in [0, 0.05) is 0 Å². The highest BCUT2D eigenvalue weighted by Crippen LogP contribution is 2.29. The van der Waals surface area contributed by atoms with Crippen molar-refractivity contribution < 1.29 is 23.4 Å². The average molecular weight is 284 g/mol. The van der Waals surface area contributed by atoms with E-state index in [9.17, 15) is 23.4 Å². The zero-order valence-electron chi connectivity index (χ0n) is 10.3. The molecule has 0 spiro atoms. The summed E-state index contributed by atoms with van der Waals surface area (Å²) < 4.78 is 22.9. The van der Waals surface area contributed by atoms with Gasteiger partial charge < -0.3 is 10.2 Å². The highest BCUT2D eigenvalue weighted by atomic mass is 32.2. The van der Waals surface area contributed by atoms with Crippen LogP contribution in [0.2, 0.25) is 0 Å². The standard InChI is InChI=1S/C13H16O5S/c14-11-3-1-2-9(6-11)7-12(13(15)16)10-4-5-19(17,18)8-10/h1-3,6,10,12,14H,4-5,7-8H2,(H,15,16). The molecule has 1 aliphatic rings. The molecule has 19 heavy (non-hydrogen) atoms. The predicted molar refractivity (Wildman–Crippen MR) is 69.7 cm³/mol. The third-order valence-corrected chi connectivity index (χ3v) is 5.31. The Balaban J connectivity index is 2.16. The van der Waals surface area contributed by atoms with Gasteiger partial charge in [-0.2, -0.15) is 0 Å². The Bertz CT molecular complexity index is 578. The summed E-state index contributed by atoms with van der Waals surface area (Å²) in [5.41, 5.74) is 0.705. The molecule has 0 aromatic heterocycles. The van der Waals surface area contributed by atoms with Gasteiger partial charge in [0.2, 0.25) is 0 Å². The Hall–Kier alpha value is -1.56. The second kappa shape index (κ2) is 5.21. The maximum absolute atomic E-state index is 11.4. The first kappa shape index (κ1) is 13.9. The Morgan fingerprint density at radius 2 is 2.16 bits per heavy atom. The van der Waals surface area contributed by atoms with Gasteiger partial charge in [-0.3, -0.25) is 4.79 Å². The van der Waals surface area contributed by atoms with Crippen molar-refractivity contribution in [3.8, 4) is 5.75 Å². The van der Waals surface area contributed by atoms with Crippen LogP contribution in [0, 0.1) is 11.8 Å². The maximum Gasteiger partial charge on any atom is 0.307 e. The molecule has 1 fully saturated rings. The molecule has 104 valence electrons. The second-order valence-electron chi connectivity index (χ2n) is 4.98. The van der Waals surface area contributed by atoms with Crippen LogP contribution in [0.5, 0.6) is 5.75 Å². The molecule has 1 aliphatic heterocycles. The Labute approximate surface area is 111 Å². The summed E-state index contributed by atoms with van der Waals surface area (Å²) >= 11 is 0. The minimum absolute atomic E-state index is 0.0528. The van der Waals surface area contributed by atoms with Crippen molar-refractivity contribution in [3.05, 3.63) is 29.8 Å². The lowest BCUT2D eigenvalue weighted by Crippen LogP contribution is -2.26. The molecule has 1 aromatic rings. The van der Waals surface area contributed by atoms with Crippen LogP contribution in [-0.2, 0) is 21.1 Å². The highest BCUT2D eigenvalue weighted by molar-refractivity contribution is 7.91. The number of carbonyl (C=O) groups is 1. The average Bonchev–Trinajstić information content (AvgIpc) is 2.66. The molecule has 0 bridgehead atoms. The van der Waals surface area contributed by atoms with Gasteiger partial charge in [-0.1, -0.05) is 12.1 Å². The molecule has 0 saturated carbocycles. The number of aromatic hydroxyl groups is 1. The molecule has 1 aromatic carbocycles. The van der Waals surface area contributed by atoms with Gasteiger partial charge in [0.15, 0.2) is 9.84 Å². The monoisotopic (exact) mass is 284 g/mol. The number of hydrogen-bond donors (Lipinski definition) is 2.